The minimum Gasteiger partial charge on any atom is -0.383 e. The van der Waals surface area contributed by atoms with E-state index in [4.69, 9.17) is 5.73 Å². The van der Waals surface area contributed by atoms with Crippen LogP contribution in [0.2, 0.25) is 0 Å². The summed E-state index contributed by atoms with van der Waals surface area (Å²) < 4.78 is 1.27. The maximum atomic E-state index is 12.6. The molecule has 4 N–H and O–H groups in total. The standard InChI is InChI=1S/C18H25N5O4S/c1-3-5-9-23-15(19)14(17(26)21-18(23)27)22(4-2)13(24)6-8-20-16(25)12-7-10-28-11-12/h7,10-11H,3-6,8-9,19H2,1-2H3,(H,20,25)(H,21,26,27). The van der Waals surface area contributed by atoms with Crippen molar-refractivity contribution >= 4 is 34.7 Å². The van der Waals surface area contributed by atoms with Gasteiger partial charge in [-0.15, -0.1) is 0 Å². The number of H-pyrrole nitrogens is 1. The van der Waals surface area contributed by atoms with Crippen molar-refractivity contribution < 1.29 is 9.59 Å². The van der Waals surface area contributed by atoms with Gasteiger partial charge in [-0.3, -0.25) is 23.9 Å². The summed E-state index contributed by atoms with van der Waals surface area (Å²) in [6.07, 6.45) is 1.56. The lowest BCUT2D eigenvalue weighted by Crippen LogP contribution is -2.42. The van der Waals surface area contributed by atoms with E-state index in [1.165, 1.54) is 20.8 Å². The number of aromatic amines is 1. The number of thiophene rings is 1. The van der Waals surface area contributed by atoms with E-state index in [0.717, 1.165) is 6.42 Å². The van der Waals surface area contributed by atoms with Crippen LogP contribution in [0.25, 0.3) is 0 Å². The fourth-order valence-corrected chi connectivity index (χ4v) is 3.39. The summed E-state index contributed by atoms with van der Waals surface area (Å²) in [6, 6.07) is 1.69. The molecule has 9 nitrogen and oxygen atoms in total. The van der Waals surface area contributed by atoms with Crippen molar-refractivity contribution in [1.29, 1.82) is 0 Å². The quantitative estimate of drug-likeness (QED) is 0.574. The number of nitrogens with one attached hydrogen (secondary N) is 2. The minimum atomic E-state index is -0.701. The number of nitrogens with two attached hydrogens (primary N) is 1. The second-order valence-corrected chi connectivity index (χ2v) is 6.93. The molecule has 2 heterocycles. The number of nitrogens with zero attached hydrogens (tertiary/aromatic N) is 2. The van der Waals surface area contributed by atoms with Crippen LogP contribution in [-0.4, -0.2) is 34.5 Å². The van der Waals surface area contributed by atoms with Gasteiger partial charge in [0.05, 0.1) is 0 Å². The van der Waals surface area contributed by atoms with Gasteiger partial charge in [0.25, 0.3) is 11.5 Å². The number of amides is 2. The summed E-state index contributed by atoms with van der Waals surface area (Å²) >= 11 is 1.41. The highest BCUT2D eigenvalue weighted by Gasteiger charge is 2.22. The van der Waals surface area contributed by atoms with Crippen LogP contribution in [0.15, 0.2) is 26.4 Å². The Bertz CT molecular complexity index is 932. The van der Waals surface area contributed by atoms with E-state index in [1.807, 2.05) is 6.92 Å². The predicted molar refractivity (Wildman–Crippen MR) is 110 cm³/mol. The molecule has 0 bridgehead atoms. The maximum Gasteiger partial charge on any atom is 0.330 e. The topological polar surface area (TPSA) is 130 Å². The van der Waals surface area contributed by atoms with E-state index in [-0.39, 0.29) is 42.8 Å². The van der Waals surface area contributed by atoms with Crippen molar-refractivity contribution in [3.63, 3.8) is 0 Å². The van der Waals surface area contributed by atoms with Crippen molar-refractivity contribution in [2.75, 3.05) is 23.7 Å². The average molecular weight is 407 g/mol. The Morgan fingerprint density at radius 2 is 2.07 bits per heavy atom. The van der Waals surface area contributed by atoms with Gasteiger partial charge in [0.2, 0.25) is 5.91 Å². The molecule has 2 amide bonds. The van der Waals surface area contributed by atoms with E-state index in [2.05, 4.69) is 10.3 Å². The molecule has 0 aromatic carbocycles. The Morgan fingerprint density at radius 1 is 1.32 bits per heavy atom. The first kappa shape index (κ1) is 21.4. The fourth-order valence-electron chi connectivity index (χ4n) is 2.75. The predicted octanol–water partition coefficient (Wildman–Crippen LogP) is 1.15. The molecular weight excluding hydrogens is 382 g/mol. The number of aromatic nitrogens is 2. The summed E-state index contributed by atoms with van der Waals surface area (Å²) in [7, 11) is 0. The second kappa shape index (κ2) is 9.88. The molecule has 0 radical (unpaired) electrons. The second-order valence-electron chi connectivity index (χ2n) is 6.15. The molecule has 2 aromatic rings. The Hall–Kier alpha value is -2.88. The van der Waals surface area contributed by atoms with E-state index in [0.29, 0.717) is 18.5 Å². The molecule has 2 aromatic heterocycles. The number of anilines is 2. The molecule has 0 spiro atoms. The normalized spacial score (nSPS) is 10.6. The van der Waals surface area contributed by atoms with Crippen LogP contribution < -0.4 is 27.2 Å². The van der Waals surface area contributed by atoms with E-state index in [1.54, 1.807) is 23.8 Å². The molecule has 0 aliphatic heterocycles. The van der Waals surface area contributed by atoms with Crippen molar-refractivity contribution in [2.45, 2.75) is 39.7 Å². The zero-order chi connectivity index (χ0) is 20.7. The van der Waals surface area contributed by atoms with Crippen molar-refractivity contribution in [2.24, 2.45) is 0 Å². The molecule has 0 saturated heterocycles. The molecule has 28 heavy (non-hydrogen) atoms. The molecular formula is C18H25N5O4S. The number of hydrogen-bond donors (Lipinski definition) is 3. The molecule has 0 aliphatic rings. The first-order valence-corrected chi connectivity index (χ1v) is 10.1. The molecule has 0 aliphatic carbocycles. The first-order chi connectivity index (χ1) is 13.4. The molecule has 0 unspecified atom stereocenters. The summed E-state index contributed by atoms with van der Waals surface area (Å²) in [5.41, 5.74) is 5.27. The van der Waals surface area contributed by atoms with Gasteiger partial charge in [0.1, 0.15) is 5.82 Å². The molecule has 10 heteroatoms. The molecule has 0 atom stereocenters. The van der Waals surface area contributed by atoms with Crippen LogP contribution in [0, 0.1) is 0 Å². The zero-order valence-electron chi connectivity index (χ0n) is 16.0. The van der Waals surface area contributed by atoms with Crippen LogP contribution in [0.5, 0.6) is 0 Å². The highest BCUT2D eigenvalue weighted by molar-refractivity contribution is 7.08. The third-order valence-corrected chi connectivity index (χ3v) is 4.93. The Labute approximate surface area is 166 Å². The largest absolute Gasteiger partial charge is 0.383 e. The molecule has 2 rings (SSSR count). The Morgan fingerprint density at radius 3 is 2.68 bits per heavy atom. The maximum absolute atomic E-state index is 12.6. The number of carbonyl (C=O) groups excluding carboxylic acids is 2. The number of rotatable bonds is 9. The minimum absolute atomic E-state index is 0.00329. The number of unbranched alkanes of at least 4 members (excludes halogenated alkanes) is 1. The summed E-state index contributed by atoms with van der Waals surface area (Å²) in [4.78, 5) is 52.4. The zero-order valence-corrected chi connectivity index (χ0v) is 16.8. The number of nitrogen functional groups attached to an aromatic ring is 1. The van der Waals surface area contributed by atoms with Crippen molar-refractivity contribution in [3.8, 4) is 0 Å². The van der Waals surface area contributed by atoms with Crippen molar-refractivity contribution in [1.82, 2.24) is 14.9 Å². The van der Waals surface area contributed by atoms with E-state index < -0.39 is 11.2 Å². The van der Waals surface area contributed by atoms with Gasteiger partial charge in [-0.2, -0.15) is 11.3 Å². The van der Waals surface area contributed by atoms with Gasteiger partial charge in [-0.1, -0.05) is 13.3 Å². The third kappa shape index (κ3) is 4.89. The first-order valence-electron chi connectivity index (χ1n) is 9.14. The molecule has 0 fully saturated rings. The van der Waals surface area contributed by atoms with Gasteiger partial charge in [-0.05, 0) is 24.8 Å². The van der Waals surface area contributed by atoms with E-state index in [9.17, 15) is 19.2 Å². The summed E-state index contributed by atoms with van der Waals surface area (Å²) in [5, 5.41) is 6.18. The van der Waals surface area contributed by atoms with E-state index >= 15 is 0 Å². The Balaban J connectivity index is 2.15. The highest BCUT2D eigenvalue weighted by Crippen LogP contribution is 2.17. The Kier molecular flexibility index (Phi) is 7.56. The summed E-state index contributed by atoms with van der Waals surface area (Å²) in [5.74, 6) is -0.659. The van der Waals surface area contributed by atoms with Crippen LogP contribution in [0.4, 0.5) is 11.5 Å². The van der Waals surface area contributed by atoms with Crippen LogP contribution >= 0.6 is 11.3 Å². The van der Waals surface area contributed by atoms with Gasteiger partial charge in [0, 0.05) is 37.0 Å². The SMILES string of the molecule is CCCCn1c(N)c(N(CC)C(=O)CCNC(=O)c2ccsc2)c(=O)[nH]c1=O. The van der Waals surface area contributed by atoms with Crippen LogP contribution in [0.3, 0.4) is 0 Å². The van der Waals surface area contributed by atoms with Crippen LogP contribution in [0.1, 0.15) is 43.5 Å². The molecule has 0 saturated carbocycles. The van der Waals surface area contributed by atoms with Gasteiger partial charge in [0.15, 0.2) is 5.69 Å². The number of carbonyl (C=O) groups is 2. The summed E-state index contributed by atoms with van der Waals surface area (Å²) in [6.45, 7) is 4.36. The third-order valence-electron chi connectivity index (χ3n) is 4.24. The average Bonchev–Trinajstić information content (AvgIpc) is 3.19. The lowest BCUT2D eigenvalue weighted by atomic mass is 10.2. The fraction of sp³-hybridized carbons (Fsp3) is 0.444. The lowest BCUT2D eigenvalue weighted by molar-refractivity contribution is -0.118. The van der Waals surface area contributed by atoms with Gasteiger partial charge in [-0.25, -0.2) is 4.79 Å². The number of hydrogen-bond acceptors (Lipinski definition) is 6. The highest BCUT2D eigenvalue weighted by atomic mass is 32.1. The lowest BCUT2D eigenvalue weighted by Gasteiger charge is -2.23. The smallest absolute Gasteiger partial charge is 0.330 e. The van der Waals surface area contributed by atoms with Crippen LogP contribution in [-0.2, 0) is 11.3 Å². The van der Waals surface area contributed by atoms with Crippen molar-refractivity contribution in [3.05, 3.63) is 43.2 Å². The monoisotopic (exact) mass is 407 g/mol. The van der Waals surface area contributed by atoms with Gasteiger partial charge < -0.3 is 16.0 Å². The molecule has 152 valence electrons. The van der Waals surface area contributed by atoms with Gasteiger partial charge >= 0.3 is 5.69 Å².